The molecule has 0 aliphatic rings. The molecule has 0 unspecified atom stereocenters. The van der Waals surface area contributed by atoms with Crippen LogP contribution >= 0.6 is 0 Å². The van der Waals surface area contributed by atoms with Crippen LogP contribution in [0, 0.1) is 0 Å². The van der Waals surface area contributed by atoms with Crippen molar-refractivity contribution in [1.29, 1.82) is 0 Å². The Hall–Kier alpha value is -3.44. The average molecular weight is 286 g/mol. The van der Waals surface area contributed by atoms with E-state index in [-0.39, 0.29) is 0 Å². The Bertz CT molecular complexity index is 595. The van der Waals surface area contributed by atoms with Gasteiger partial charge in [0.2, 0.25) is 0 Å². The molecular weight excluding hydrogens is 276 g/mol. The van der Waals surface area contributed by atoms with Crippen LogP contribution in [-0.2, 0) is 0 Å². The zero-order valence-electron chi connectivity index (χ0n) is 9.73. The molecule has 0 spiro atoms. The lowest BCUT2D eigenvalue weighted by molar-refractivity contribution is 0.0689. The lowest BCUT2D eigenvalue weighted by atomic mass is 10.4. The van der Waals surface area contributed by atoms with Gasteiger partial charge in [-0.3, -0.25) is 9.78 Å². The van der Waals surface area contributed by atoms with Gasteiger partial charge >= 0.3 is 17.8 Å². The summed E-state index contributed by atoms with van der Waals surface area (Å²) in [5.41, 5.74) is 2.06. The molecular formula is C8H10N6O6. The number of rotatable bonds is 1. The monoisotopic (exact) mass is 286 g/mol. The van der Waals surface area contributed by atoms with Crippen molar-refractivity contribution < 1.29 is 19.8 Å². The lowest BCUT2D eigenvalue weighted by Gasteiger charge is -1.89. The van der Waals surface area contributed by atoms with Gasteiger partial charge in [-0.2, -0.15) is 15.4 Å². The lowest BCUT2D eigenvalue weighted by Crippen LogP contribution is -2.24. The van der Waals surface area contributed by atoms with Crippen molar-refractivity contribution in [2.75, 3.05) is 0 Å². The zero-order valence-corrected chi connectivity index (χ0v) is 9.73. The van der Waals surface area contributed by atoms with Crippen LogP contribution in [0.5, 0.6) is 0 Å². The molecule has 12 nitrogen and oxygen atoms in total. The Kier molecular flexibility index (Phi) is 7.14. The molecule has 20 heavy (non-hydrogen) atoms. The summed E-state index contributed by atoms with van der Waals surface area (Å²) >= 11 is 0. The van der Waals surface area contributed by atoms with Gasteiger partial charge in [0, 0.05) is 6.07 Å². The van der Waals surface area contributed by atoms with Gasteiger partial charge < -0.3 is 20.9 Å². The Morgan fingerprint density at radius 2 is 1.60 bits per heavy atom. The molecule has 0 saturated heterocycles. The Morgan fingerprint density at radius 1 is 1.10 bits per heavy atom. The number of nitrogens with zero attached hydrogens (tertiary/aromatic N) is 2. The van der Waals surface area contributed by atoms with Crippen LogP contribution in [0.2, 0.25) is 0 Å². The highest BCUT2D eigenvalue weighted by molar-refractivity contribution is 5.84. The molecule has 108 valence electrons. The summed E-state index contributed by atoms with van der Waals surface area (Å²) in [7, 11) is 0. The second-order valence-corrected chi connectivity index (χ2v) is 2.80. The van der Waals surface area contributed by atoms with Crippen LogP contribution in [0.3, 0.4) is 0 Å². The van der Waals surface area contributed by atoms with E-state index in [2.05, 4.69) is 21.1 Å². The van der Waals surface area contributed by atoms with Crippen molar-refractivity contribution in [3.05, 3.63) is 45.0 Å². The van der Waals surface area contributed by atoms with Gasteiger partial charge in [0.25, 0.3) is 5.56 Å². The fraction of sp³-hybridized carbons (Fsp3) is 0. The van der Waals surface area contributed by atoms with Crippen LogP contribution in [0.25, 0.3) is 0 Å². The number of aromatic carboxylic acids is 1. The SMILES string of the molecule is NC(=O)O.O=C(O)c1cc(=O)[nH]c(=O)[nH]1.c1cn[nH]n1. The van der Waals surface area contributed by atoms with Crippen LogP contribution < -0.4 is 17.0 Å². The summed E-state index contributed by atoms with van der Waals surface area (Å²) in [5, 5.41) is 24.8. The third kappa shape index (κ3) is 8.68. The van der Waals surface area contributed by atoms with Crippen LogP contribution in [0.4, 0.5) is 4.79 Å². The number of primary amides is 1. The van der Waals surface area contributed by atoms with Crippen molar-refractivity contribution in [2.45, 2.75) is 0 Å². The van der Waals surface area contributed by atoms with Crippen LogP contribution in [0.15, 0.2) is 28.0 Å². The molecule has 0 aromatic carbocycles. The van der Waals surface area contributed by atoms with Gasteiger partial charge in [0.15, 0.2) is 0 Å². The van der Waals surface area contributed by atoms with Crippen molar-refractivity contribution >= 4 is 12.1 Å². The summed E-state index contributed by atoms with van der Waals surface area (Å²) in [6.07, 6.45) is 1.83. The van der Waals surface area contributed by atoms with Crippen LogP contribution in [0.1, 0.15) is 10.5 Å². The van der Waals surface area contributed by atoms with E-state index in [0.29, 0.717) is 0 Å². The highest BCUT2D eigenvalue weighted by atomic mass is 16.4. The maximum absolute atomic E-state index is 10.5. The van der Waals surface area contributed by atoms with Crippen molar-refractivity contribution in [3.63, 3.8) is 0 Å². The fourth-order valence-corrected chi connectivity index (χ4v) is 0.751. The minimum Gasteiger partial charge on any atom is -0.477 e. The molecule has 0 atom stereocenters. The van der Waals surface area contributed by atoms with E-state index in [1.165, 1.54) is 0 Å². The first-order valence-electron chi connectivity index (χ1n) is 4.68. The van der Waals surface area contributed by atoms with E-state index in [1.54, 1.807) is 12.4 Å². The summed E-state index contributed by atoms with van der Waals surface area (Å²) in [5.74, 6) is -1.34. The van der Waals surface area contributed by atoms with Gasteiger partial charge in [-0.25, -0.2) is 14.4 Å². The maximum atomic E-state index is 10.5. The first kappa shape index (κ1) is 16.6. The third-order valence-electron chi connectivity index (χ3n) is 1.32. The number of hydrogen-bond donors (Lipinski definition) is 6. The second kappa shape index (κ2) is 8.62. The van der Waals surface area contributed by atoms with Crippen LogP contribution in [-0.4, -0.2) is 47.7 Å². The van der Waals surface area contributed by atoms with E-state index in [1.807, 2.05) is 9.97 Å². The van der Waals surface area contributed by atoms with Gasteiger partial charge in [0.1, 0.15) is 5.69 Å². The van der Waals surface area contributed by atoms with E-state index >= 15 is 0 Å². The molecule has 0 aliphatic carbocycles. The quantitative estimate of drug-likeness (QED) is 0.351. The van der Waals surface area contributed by atoms with Crippen molar-refractivity contribution in [3.8, 4) is 0 Å². The minimum absolute atomic E-state index is 0.418. The average Bonchev–Trinajstić information content (AvgIpc) is 2.85. The maximum Gasteiger partial charge on any atom is 0.402 e. The predicted octanol–water partition coefficient (Wildman–Crippen LogP) is -1.81. The topological polar surface area (TPSA) is 208 Å². The summed E-state index contributed by atoms with van der Waals surface area (Å²) in [4.78, 5) is 43.7. The Balaban J connectivity index is 0.000000331. The van der Waals surface area contributed by atoms with E-state index in [9.17, 15) is 14.4 Å². The highest BCUT2D eigenvalue weighted by Crippen LogP contribution is 1.81. The number of H-pyrrole nitrogens is 3. The third-order valence-corrected chi connectivity index (χ3v) is 1.32. The molecule has 2 aromatic heterocycles. The molecule has 0 bridgehead atoms. The Labute approximate surface area is 109 Å². The molecule has 0 radical (unpaired) electrons. The summed E-state index contributed by atoms with van der Waals surface area (Å²) in [6, 6.07) is 0.795. The molecule has 1 amide bonds. The molecule has 0 aliphatic heterocycles. The van der Waals surface area contributed by atoms with E-state index in [4.69, 9.17) is 15.0 Å². The molecule has 0 saturated carbocycles. The first-order chi connectivity index (χ1) is 9.32. The highest BCUT2D eigenvalue weighted by Gasteiger charge is 2.03. The summed E-state index contributed by atoms with van der Waals surface area (Å²) < 4.78 is 0. The molecule has 2 rings (SSSR count). The number of hydrogen-bond acceptors (Lipinski definition) is 6. The van der Waals surface area contributed by atoms with Gasteiger partial charge in [-0.05, 0) is 0 Å². The van der Waals surface area contributed by atoms with E-state index < -0.39 is 29.0 Å². The zero-order chi connectivity index (χ0) is 15.5. The van der Waals surface area contributed by atoms with Crippen molar-refractivity contribution in [2.24, 2.45) is 5.73 Å². The Morgan fingerprint density at radius 3 is 1.90 bits per heavy atom. The smallest absolute Gasteiger partial charge is 0.402 e. The number of carboxylic acids is 1. The summed E-state index contributed by atoms with van der Waals surface area (Å²) in [6.45, 7) is 0. The molecule has 2 heterocycles. The van der Waals surface area contributed by atoms with Gasteiger partial charge in [0.05, 0.1) is 12.4 Å². The predicted molar refractivity (Wildman–Crippen MR) is 63.2 cm³/mol. The first-order valence-corrected chi connectivity index (χ1v) is 4.68. The molecule has 2 aromatic rings. The molecule has 12 heteroatoms. The number of nitrogens with two attached hydrogens (primary N) is 1. The largest absolute Gasteiger partial charge is 0.477 e. The van der Waals surface area contributed by atoms with E-state index in [0.717, 1.165) is 6.07 Å². The van der Waals surface area contributed by atoms with Crippen molar-refractivity contribution in [1.82, 2.24) is 25.4 Å². The van der Waals surface area contributed by atoms with Gasteiger partial charge in [-0.1, -0.05) is 0 Å². The standard InChI is InChI=1S/C5H4N2O4.C2H3N3.CH3NO2/c8-3-1-2(4(9)10)6-5(11)7-3;1-2-4-5-3-1;2-1(3)4/h1H,(H,9,10)(H2,6,7,8,11);1-2H,(H,3,4,5);2H2,(H,3,4). The molecule has 7 N–H and O–H groups in total. The number of aromatic amines is 3. The second-order valence-electron chi connectivity index (χ2n) is 2.80. The molecule has 0 fully saturated rings. The fourth-order valence-electron chi connectivity index (χ4n) is 0.751. The normalized spacial score (nSPS) is 8.40. The van der Waals surface area contributed by atoms with Gasteiger partial charge in [-0.15, -0.1) is 0 Å². The number of amides is 1. The number of carbonyl (C=O) groups is 2. The minimum atomic E-state index is -1.34. The number of nitrogens with one attached hydrogen (secondary N) is 3. The number of aromatic nitrogens is 5. The number of carboxylic acid groups (broad SMARTS) is 2.